The minimum absolute atomic E-state index is 0.0650. The molecule has 4 N–H and O–H groups in total. The lowest BCUT2D eigenvalue weighted by Gasteiger charge is -2.24. The molecule has 23 heavy (non-hydrogen) atoms. The number of methoxy groups -OCH3 is 1. The molecule has 0 fully saturated rings. The lowest BCUT2D eigenvalue weighted by atomic mass is 9.91. The molecule has 0 aliphatic heterocycles. The highest BCUT2D eigenvalue weighted by atomic mass is 16.5. The van der Waals surface area contributed by atoms with Crippen molar-refractivity contribution in [1.82, 2.24) is 10.3 Å². The Bertz CT molecular complexity index is 748. The van der Waals surface area contributed by atoms with Gasteiger partial charge in [-0.1, -0.05) is 12.1 Å². The average molecular weight is 313 g/mol. The number of aromatic nitrogens is 1. The van der Waals surface area contributed by atoms with Crippen LogP contribution in [0.2, 0.25) is 0 Å². The molecule has 3 rings (SSSR count). The normalized spacial score (nSPS) is 19.2. The van der Waals surface area contributed by atoms with Crippen LogP contribution in [0.4, 0.5) is 0 Å². The fourth-order valence-electron chi connectivity index (χ4n) is 3.04. The lowest BCUT2D eigenvalue weighted by molar-refractivity contribution is -0.126. The average Bonchev–Trinajstić information content (AvgIpc) is 2.91. The van der Waals surface area contributed by atoms with Crippen molar-refractivity contribution in [2.75, 3.05) is 7.11 Å². The van der Waals surface area contributed by atoms with Crippen molar-refractivity contribution in [3.63, 3.8) is 0 Å². The predicted molar refractivity (Wildman–Crippen MR) is 84.9 cm³/mol. The van der Waals surface area contributed by atoms with Crippen molar-refractivity contribution in [2.45, 2.75) is 24.9 Å². The molecule has 1 unspecified atom stereocenters. The molecule has 0 saturated carbocycles. The van der Waals surface area contributed by atoms with Gasteiger partial charge in [-0.05, 0) is 41.7 Å². The Kier molecular flexibility index (Phi) is 3.92. The highest BCUT2D eigenvalue weighted by Crippen LogP contribution is 2.39. The third-order valence-corrected chi connectivity index (χ3v) is 4.24. The molecule has 0 radical (unpaired) electrons. The van der Waals surface area contributed by atoms with E-state index < -0.39 is 5.54 Å². The van der Waals surface area contributed by atoms with E-state index in [0.717, 1.165) is 16.9 Å². The molecule has 1 aliphatic rings. The van der Waals surface area contributed by atoms with Gasteiger partial charge < -0.3 is 20.9 Å². The Hall–Kier alpha value is -2.60. The minimum Gasteiger partial charge on any atom is -0.506 e. The summed E-state index contributed by atoms with van der Waals surface area (Å²) in [6.07, 6.45) is 4.17. The van der Waals surface area contributed by atoms with E-state index in [-0.39, 0.29) is 18.2 Å². The van der Waals surface area contributed by atoms with Crippen LogP contribution in [0, 0.1) is 0 Å². The number of aromatic hydroxyl groups is 1. The summed E-state index contributed by atoms with van der Waals surface area (Å²) in [5.41, 5.74) is 7.85. The number of ether oxygens (including phenoxy) is 1. The highest BCUT2D eigenvalue weighted by molar-refractivity contribution is 5.89. The van der Waals surface area contributed by atoms with Gasteiger partial charge in [-0.3, -0.25) is 9.78 Å². The van der Waals surface area contributed by atoms with Gasteiger partial charge in [0.15, 0.2) is 0 Å². The van der Waals surface area contributed by atoms with E-state index in [0.29, 0.717) is 18.4 Å². The molecule has 1 aromatic heterocycles. The molecule has 6 heteroatoms. The summed E-state index contributed by atoms with van der Waals surface area (Å²) in [5.74, 6) is 0.586. The zero-order chi connectivity index (χ0) is 16.4. The third kappa shape index (κ3) is 2.73. The largest absolute Gasteiger partial charge is 0.506 e. The van der Waals surface area contributed by atoms with Crippen LogP contribution in [0.15, 0.2) is 36.7 Å². The van der Waals surface area contributed by atoms with E-state index in [1.807, 2.05) is 18.2 Å². The van der Waals surface area contributed by atoms with Gasteiger partial charge in [-0.25, -0.2) is 0 Å². The number of benzene rings is 1. The number of carbonyl (C=O) groups excluding carboxylic acids is 1. The molecule has 1 amide bonds. The van der Waals surface area contributed by atoms with E-state index in [9.17, 15) is 9.90 Å². The predicted octanol–water partition coefficient (Wildman–Crippen LogP) is 1.21. The Labute approximate surface area is 134 Å². The van der Waals surface area contributed by atoms with Crippen LogP contribution < -0.4 is 15.8 Å². The smallest absolute Gasteiger partial charge is 0.244 e. The highest BCUT2D eigenvalue weighted by Gasteiger charge is 2.42. The fraction of sp³-hybridized carbons (Fsp3) is 0.294. The minimum atomic E-state index is -1.06. The van der Waals surface area contributed by atoms with Crippen LogP contribution in [0.3, 0.4) is 0 Å². The number of fused-ring (bicyclic) bond motifs is 1. The van der Waals surface area contributed by atoms with E-state index >= 15 is 0 Å². The van der Waals surface area contributed by atoms with Gasteiger partial charge in [0.05, 0.1) is 13.3 Å². The number of nitrogens with zero attached hydrogens (tertiary/aromatic N) is 1. The van der Waals surface area contributed by atoms with E-state index in [4.69, 9.17) is 10.5 Å². The maximum atomic E-state index is 12.6. The summed E-state index contributed by atoms with van der Waals surface area (Å²) in [7, 11) is 1.61. The summed E-state index contributed by atoms with van der Waals surface area (Å²) in [4.78, 5) is 16.5. The second-order valence-corrected chi connectivity index (χ2v) is 5.69. The first-order chi connectivity index (χ1) is 11.0. The molecular formula is C17H19N3O3. The van der Waals surface area contributed by atoms with Crippen LogP contribution in [0.5, 0.6) is 11.5 Å². The van der Waals surface area contributed by atoms with Gasteiger partial charge in [-0.2, -0.15) is 0 Å². The molecule has 0 bridgehead atoms. The number of nitrogens with two attached hydrogens (primary N) is 1. The van der Waals surface area contributed by atoms with Crippen LogP contribution in [0.1, 0.15) is 23.1 Å². The molecule has 2 aromatic rings. The molecule has 1 heterocycles. The zero-order valence-electron chi connectivity index (χ0n) is 12.9. The first kappa shape index (κ1) is 15.3. The SMILES string of the molecule is COc1cccc2c1CCC2(N)C(=O)NCc1cncc(O)c1. The molecule has 1 aromatic carbocycles. The van der Waals surface area contributed by atoms with Crippen molar-refractivity contribution in [3.05, 3.63) is 53.3 Å². The fourth-order valence-corrected chi connectivity index (χ4v) is 3.04. The van der Waals surface area contributed by atoms with Gasteiger partial charge in [0.25, 0.3) is 0 Å². The summed E-state index contributed by atoms with van der Waals surface area (Å²) in [6.45, 7) is 0.262. The number of carbonyl (C=O) groups is 1. The molecule has 1 atom stereocenters. The van der Waals surface area contributed by atoms with E-state index in [1.54, 1.807) is 19.4 Å². The van der Waals surface area contributed by atoms with Gasteiger partial charge in [0, 0.05) is 12.7 Å². The van der Waals surface area contributed by atoms with Crippen LogP contribution >= 0.6 is 0 Å². The van der Waals surface area contributed by atoms with Crippen molar-refractivity contribution < 1.29 is 14.6 Å². The quantitative estimate of drug-likeness (QED) is 0.788. The first-order valence-electron chi connectivity index (χ1n) is 7.41. The summed E-state index contributed by atoms with van der Waals surface area (Å²) < 4.78 is 5.35. The van der Waals surface area contributed by atoms with Gasteiger partial charge in [0.2, 0.25) is 5.91 Å². The number of amides is 1. The molecule has 120 valence electrons. The van der Waals surface area contributed by atoms with Gasteiger partial charge >= 0.3 is 0 Å². The molecule has 6 nitrogen and oxygen atoms in total. The Morgan fingerprint density at radius 2 is 2.30 bits per heavy atom. The van der Waals surface area contributed by atoms with Crippen molar-refractivity contribution in [1.29, 1.82) is 0 Å². The number of rotatable bonds is 4. The number of hydrogen-bond acceptors (Lipinski definition) is 5. The standard InChI is InChI=1S/C17H19N3O3/c1-23-15-4-2-3-14-13(15)5-6-17(14,18)16(22)20-9-11-7-12(21)10-19-8-11/h2-4,7-8,10,21H,5-6,9,18H2,1H3,(H,20,22). The van der Waals surface area contributed by atoms with Crippen molar-refractivity contribution in [2.24, 2.45) is 5.73 Å². The molecular weight excluding hydrogens is 294 g/mol. The van der Waals surface area contributed by atoms with E-state index in [1.165, 1.54) is 6.20 Å². The topological polar surface area (TPSA) is 97.5 Å². The molecule has 0 spiro atoms. The summed E-state index contributed by atoms with van der Waals surface area (Å²) in [5, 5.41) is 12.2. The maximum absolute atomic E-state index is 12.6. The zero-order valence-corrected chi connectivity index (χ0v) is 12.9. The Morgan fingerprint density at radius 3 is 3.04 bits per heavy atom. The first-order valence-corrected chi connectivity index (χ1v) is 7.41. The molecule has 1 aliphatic carbocycles. The lowest BCUT2D eigenvalue weighted by Crippen LogP contribution is -2.49. The summed E-state index contributed by atoms with van der Waals surface area (Å²) in [6, 6.07) is 7.15. The van der Waals surface area contributed by atoms with Crippen LogP contribution in [-0.4, -0.2) is 23.1 Å². The van der Waals surface area contributed by atoms with Crippen molar-refractivity contribution in [3.8, 4) is 11.5 Å². The van der Waals surface area contributed by atoms with E-state index in [2.05, 4.69) is 10.3 Å². The summed E-state index contributed by atoms with van der Waals surface area (Å²) >= 11 is 0. The Balaban J connectivity index is 1.79. The van der Waals surface area contributed by atoms with Gasteiger partial charge in [-0.15, -0.1) is 0 Å². The Morgan fingerprint density at radius 1 is 1.48 bits per heavy atom. The second-order valence-electron chi connectivity index (χ2n) is 5.69. The van der Waals surface area contributed by atoms with Crippen molar-refractivity contribution >= 4 is 5.91 Å². The van der Waals surface area contributed by atoms with Crippen LogP contribution in [-0.2, 0) is 23.3 Å². The van der Waals surface area contributed by atoms with Gasteiger partial charge in [0.1, 0.15) is 17.0 Å². The number of hydrogen-bond donors (Lipinski definition) is 3. The third-order valence-electron chi connectivity index (χ3n) is 4.24. The number of pyridine rings is 1. The monoisotopic (exact) mass is 313 g/mol. The van der Waals surface area contributed by atoms with Crippen LogP contribution in [0.25, 0.3) is 0 Å². The number of nitrogens with one attached hydrogen (secondary N) is 1. The maximum Gasteiger partial charge on any atom is 0.244 e. The second kappa shape index (κ2) is 5.89. The molecule has 0 saturated heterocycles.